The van der Waals surface area contributed by atoms with Gasteiger partial charge in [-0.05, 0) is 29.7 Å². The van der Waals surface area contributed by atoms with Gasteiger partial charge in [0.1, 0.15) is 5.76 Å². The number of furan rings is 1. The van der Waals surface area contributed by atoms with Gasteiger partial charge in [-0.15, -0.1) is 0 Å². The molecule has 1 fully saturated rings. The van der Waals surface area contributed by atoms with Crippen molar-refractivity contribution < 1.29 is 4.42 Å². The van der Waals surface area contributed by atoms with Gasteiger partial charge >= 0.3 is 0 Å². The van der Waals surface area contributed by atoms with Crippen LogP contribution in [0.25, 0.3) is 0 Å². The summed E-state index contributed by atoms with van der Waals surface area (Å²) in [5.74, 6) is 1.49. The average Bonchev–Trinajstić information content (AvgIpc) is 3.22. The SMILES string of the molecule is c1ccc(CN2CC[C@H](NCc3ccco3)[C@H](c3ccccc3)C2)cc1. The van der Waals surface area contributed by atoms with Crippen molar-refractivity contribution in [2.75, 3.05) is 13.1 Å². The molecule has 0 amide bonds. The molecule has 3 aromatic rings. The second-order valence-electron chi connectivity index (χ2n) is 7.09. The van der Waals surface area contributed by atoms with Crippen molar-refractivity contribution in [1.82, 2.24) is 10.2 Å². The normalized spacial score (nSPS) is 20.9. The maximum absolute atomic E-state index is 5.49. The Balaban J connectivity index is 1.46. The quantitative estimate of drug-likeness (QED) is 0.716. The van der Waals surface area contributed by atoms with E-state index in [1.807, 2.05) is 12.1 Å². The molecule has 2 heterocycles. The second-order valence-corrected chi connectivity index (χ2v) is 7.09. The maximum atomic E-state index is 5.49. The van der Waals surface area contributed by atoms with Crippen LogP contribution in [-0.4, -0.2) is 24.0 Å². The van der Waals surface area contributed by atoms with E-state index in [4.69, 9.17) is 4.42 Å². The fourth-order valence-electron chi connectivity index (χ4n) is 3.93. The smallest absolute Gasteiger partial charge is 0.117 e. The van der Waals surface area contributed by atoms with Crippen LogP contribution in [0, 0.1) is 0 Å². The zero-order valence-electron chi connectivity index (χ0n) is 15.1. The Morgan fingerprint density at radius 3 is 2.42 bits per heavy atom. The summed E-state index contributed by atoms with van der Waals surface area (Å²) in [5, 5.41) is 3.74. The first-order chi connectivity index (χ1) is 12.9. The first kappa shape index (κ1) is 17.1. The molecule has 4 rings (SSSR count). The zero-order chi connectivity index (χ0) is 17.6. The monoisotopic (exact) mass is 346 g/mol. The van der Waals surface area contributed by atoms with Gasteiger partial charge in [0.25, 0.3) is 0 Å². The molecule has 0 aliphatic carbocycles. The molecule has 0 spiro atoms. The van der Waals surface area contributed by atoms with Crippen LogP contribution in [0.4, 0.5) is 0 Å². The molecule has 1 aliphatic heterocycles. The summed E-state index contributed by atoms with van der Waals surface area (Å²) < 4.78 is 5.49. The largest absolute Gasteiger partial charge is 0.468 e. The van der Waals surface area contributed by atoms with E-state index in [1.54, 1.807) is 6.26 Å². The summed E-state index contributed by atoms with van der Waals surface area (Å²) in [6.07, 6.45) is 2.89. The van der Waals surface area contributed by atoms with Gasteiger partial charge in [-0.1, -0.05) is 60.7 Å². The molecule has 3 nitrogen and oxygen atoms in total. The number of benzene rings is 2. The minimum absolute atomic E-state index is 0.467. The summed E-state index contributed by atoms with van der Waals surface area (Å²) >= 11 is 0. The van der Waals surface area contributed by atoms with Crippen molar-refractivity contribution in [3.05, 3.63) is 95.9 Å². The molecule has 1 aliphatic rings. The van der Waals surface area contributed by atoms with Crippen molar-refractivity contribution in [2.24, 2.45) is 0 Å². The third kappa shape index (κ3) is 4.24. The van der Waals surface area contributed by atoms with Gasteiger partial charge < -0.3 is 9.73 Å². The number of piperidine rings is 1. The van der Waals surface area contributed by atoms with Gasteiger partial charge in [-0.25, -0.2) is 0 Å². The molecular formula is C23H26N2O. The fraction of sp³-hybridized carbons (Fsp3) is 0.304. The Kier molecular flexibility index (Phi) is 5.48. The lowest BCUT2D eigenvalue weighted by Crippen LogP contribution is -2.47. The average molecular weight is 346 g/mol. The van der Waals surface area contributed by atoms with E-state index in [9.17, 15) is 0 Å². The molecule has 1 saturated heterocycles. The molecule has 1 aromatic heterocycles. The van der Waals surface area contributed by atoms with Gasteiger partial charge in [0, 0.05) is 31.6 Å². The van der Waals surface area contributed by atoms with Gasteiger partial charge in [0.05, 0.1) is 12.8 Å². The zero-order valence-corrected chi connectivity index (χ0v) is 15.1. The third-order valence-electron chi connectivity index (χ3n) is 5.29. The van der Waals surface area contributed by atoms with Crippen molar-refractivity contribution in [3.8, 4) is 0 Å². The summed E-state index contributed by atoms with van der Waals surface area (Å²) in [7, 11) is 0. The highest BCUT2D eigenvalue weighted by atomic mass is 16.3. The number of nitrogens with zero attached hydrogens (tertiary/aromatic N) is 1. The predicted octanol–water partition coefficient (Wildman–Crippen LogP) is 4.43. The highest BCUT2D eigenvalue weighted by Gasteiger charge is 2.30. The van der Waals surface area contributed by atoms with Crippen LogP contribution in [-0.2, 0) is 13.1 Å². The Hall–Kier alpha value is -2.36. The van der Waals surface area contributed by atoms with Crippen molar-refractivity contribution >= 4 is 0 Å². The van der Waals surface area contributed by atoms with Crippen LogP contribution < -0.4 is 5.32 Å². The fourth-order valence-corrected chi connectivity index (χ4v) is 3.93. The van der Waals surface area contributed by atoms with Crippen molar-refractivity contribution in [3.63, 3.8) is 0 Å². The van der Waals surface area contributed by atoms with Crippen LogP contribution in [0.3, 0.4) is 0 Å². The van der Waals surface area contributed by atoms with Gasteiger partial charge in [-0.3, -0.25) is 4.90 Å². The summed E-state index contributed by atoms with van der Waals surface area (Å²) in [4.78, 5) is 2.58. The lowest BCUT2D eigenvalue weighted by molar-refractivity contribution is 0.165. The molecule has 0 unspecified atom stereocenters. The van der Waals surface area contributed by atoms with Gasteiger partial charge in [0.15, 0.2) is 0 Å². The predicted molar refractivity (Wildman–Crippen MR) is 105 cm³/mol. The van der Waals surface area contributed by atoms with E-state index in [-0.39, 0.29) is 0 Å². The molecule has 1 N–H and O–H groups in total. The number of hydrogen-bond donors (Lipinski definition) is 1. The number of hydrogen-bond acceptors (Lipinski definition) is 3. The summed E-state index contributed by atoms with van der Waals surface area (Å²) in [5.41, 5.74) is 2.81. The van der Waals surface area contributed by atoms with Crippen LogP contribution in [0.15, 0.2) is 83.5 Å². The third-order valence-corrected chi connectivity index (χ3v) is 5.29. The van der Waals surface area contributed by atoms with Crippen LogP contribution in [0.5, 0.6) is 0 Å². The number of likely N-dealkylation sites (tertiary alicyclic amines) is 1. The van der Waals surface area contributed by atoms with Crippen LogP contribution in [0.2, 0.25) is 0 Å². The Labute approximate surface area is 155 Å². The lowest BCUT2D eigenvalue weighted by Gasteiger charge is -2.39. The summed E-state index contributed by atoms with van der Waals surface area (Å²) in [6.45, 7) is 4.01. The van der Waals surface area contributed by atoms with E-state index in [0.717, 1.165) is 38.4 Å². The lowest BCUT2D eigenvalue weighted by atomic mass is 9.85. The molecule has 134 valence electrons. The highest BCUT2D eigenvalue weighted by molar-refractivity contribution is 5.23. The van der Waals surface area contributed by atoms with Gasteiger partial charge in [-0.2, -0.15) is 0 Å². The molecule has 0 bridgehead atoms. The first-order valence-corrected chi connectivity index (χ1v) is 9.45. The Bertz CT molecular complexity index is 770. The van der Waals surface area contributed by atoms with E-state index in [2.05, 4.69) is 70.9 Å². The van der Waals surface area contributed by atoms with Crippen molar-refractivity contribution in [2.45, 2.75) is 31.5 Å². The Morgan fingerprint density at radius 1 is 0.923 bits per heavy atom. The van der Waals surface area contributed by atoms with Gasteiger partial charge in [0.2, 0.25) is 0 Å². The molecule has 3 heteroatoms. The number of rotatable bonds is 6. The summed E-state index contributed by atoms with van der Waals surface area (Å²) in [6, 6.07) is 26.2. The topological polar surface area (TPSA) is 28.4 Å². The number of nitrogens with one attached hydrogen (secondary N) is 1. The highest BCUT2D eigenvalue weighted by Crippen LogP contribution is 2.28. The maximum Gasteiger partial charge on any atom is 0.117 e. The minimum atomic E-state index is 0.467. The van der Waals surface area contributed by atoms with Crippen LogP contribution >= 0.6 is 0 Å². The van der Waals surface area contributed by atoms with E-state index in [1.165, 1.54) is 11.1 Å². The Morgan fingerprint density at radius 2 is 1.69 bits per heavy atom. The molecule has 26 heavy (non-hydrogen) atoms. The first-order valence-electron chi connectivity index (χ1n) is 9.45. The standard InChI is InChI=1S/C23H26N2O/c1-3-8-19(9-4-1)17-25-14-13-23(24-16-21-12-7-15-26-21)22(18-25)20-10-5-2-6-11-20/h1-12,15,22-24H,13-14,16-18H2/t22-,23-/m0/s1. The van der Waals surface area contributed by atoms with E-state index < -0.39 is 0 Å². The van der Waals surface area contributed by atoms with Crippen LogP contribution in [0.1, 0.15) is 29.2 Å². The minimum Gasteiger partial charge on any atom is -0.468 e. The van der Waals surface area contributed by atoms with E-state index >= 15 is 0 Å². The van der Waals surface area contributed by atoms with E-state index in [0.29, 0.717) is 12.0 Å². The molecule has 2 atom stereocenters. The molecule has 2 aromatic carbocycles. The molecule has 0 saturated carbocycles. The van der Waals surface area contributed by atoms with Crippen molar-refractivity contribution in [1.29, 1.82) is 0 Å². The molecule has 0 radical (unpaired) electrons. The molecular weight excluding hydrogens is 320 g/mol. The second kappa shape index (κ2) is 8.35.